The number of thiocarbonyl (C=S) groups is 1. The molecule has 0 aliphatic heterocycles. The summed E-state index contributed by atoms with van der Waals surface area (Å²) >= 11 is 6.75. The number of hydrogen-bond acceptors (Lipinski definition) is 4. The van der Waals surface area contributed by atoms with Gasteiger partial charge in [0.25, 0.3) is 0 Å². The number of nitrogens with one attached hydrogen (secondary N) is 2. The maximum atomic E-state index is 12.3. The Hall–Kier alpha value is -1.99. The highest BCUT2D eigenvalue weighted by Crippen LogP contribution is 2.31. The molecule has 5 nitrogen and oxygen atoms in total. The first-order chi connectivity index (χ1) is 12.5. The van der Waals surface area contributed by atoms with Crippen molar-refractivity contribution in [3.05, 3.63) is 40.9 Å². The van der Waals surface area contributed by atoms with Crippen LogP contribution in [0.15, 0.2) is 29.6 Å². The summed E-state index contributed by atoms with van der Waals surface area (Å²) in [5, 5.41) is 9.64. The minimum atomic E-state index is -0.0475. The van der Waals surface area contributed by atoms with Crippen molar-refractivity contribution in [2.75, 3.05) is 4.90 Å². The van der Waals surface area contributed by atoms with Gasteiger partial charge < -0.3 is 10.6 Å². The summed E-state index contributed by atoms with van der Waals surface area (Å²) in [6, 6.07) is 8.27. The Bertz CT molecular complexity index is 760. The molecule has 1 amide bonds. The van der Waals surface area contributed by atoms with Crippen molar-refractivity contribution in [2.45, 2.75) is 53.1 Å². The van der Waals surface area contributed by atoms with Gasteiger partial charge in [-0.1, -0.05) is 32.0 Å². The van der Waals surface area contributed by atoms with Crippen LogP contribution in [0.2, 0.25) is 0 Å². The first-order valence-electron chi connectivity index (χ1n) is 8.83. The Labute approximate surface area is 164 Å². The monoisotopic (exact) mass is 390 g/mol. The zero-order chi connectivity index (χ0) is 19.1. The van der Waals surface area contributed by atoms with Gasteiger partial charge in [0, 0.05) is 18.3 Å². The summed E-state index contributed by atoms with van der Waals surface area (Å²) < 4.78 is 0. The Morgan fingerprint density at radius 3 is 2.73 bits per heavy atom. The van der Waals surface area contributed by atoms with Crippen molar-refractivity contribution < 1.29 is 4.79 Å². The van der Waals surface area contributed by atoms with Gasteiger partial charge in [-0.2, -0.15) is 0 Å². The Balaban J connectivity index is 2.13. The molecule has 2 rings (SSSR count). The molecule has 0 saturated heterocycles. The molecule has 0 radical (unpaired) electrons. The smallest absolute Gasteiger partial charge is 0.230 e. The quantitative estimate of drug-likeness (QED) is 0.696. The number of amides is 1. The maximum absolute atomic E-state index is 12.3. The molecule has 0 saturated carbocycles. The molecule has 26 heavy (non-hydrogen) atoms. The molecule has 1 aromatic heterocycles. The van der Waals surface area contributed by atoms with Gasteiger partial charge in [0.2, 0.25) is 5.91 Å². The van der Waals surface area contributed by atoms with E-state index in [-0.39, 0.29) is 5.91 Å². The third-order valence-corrected chi connectivity index (χ3v) is 5.22. The lowest BCUT2D eigenvalue weighted by atomic mass is 10.1. The van der Waals surface area contributed by atoms with Gasteiger partial charge in [-0.05, 0) is 43.6 Å². The topological polar surface area (TPSA) is 57.3 Å². The van der Waals surface area contributed by atoms with Crippen molar-refractivity contribution in [1.82, 2.24) is 15.6 Å². The number of thiazole rings is 1. The van der Waals surface area contributed by atoms with Gasteiger partial charge in [0.05, 0.1) is 17.9 Å². The predicted octanol–water partition coefficient (Wildman–Crippen LogP) is 4.15. The van der Waals surface area contributed by atoms with Crippen LogP contribution in [0.3, 0.4) is 0 Å². The van der Waals surface area contributed by atoms with Crippen LogP contribution < -0.4 is 15.5 Å². The number of nitrogens with zero attached hydrogens (tertiary/aromatic N) is 2. The third-order valence-electron chi connectivity index (χ3n) is 4.08. The van der Waals surface area contributed by atoms with E-state index in [1.807, 2.05) is 29.6 Å². The van der Waals surface area contributed by atoms with Crippen molar-refractivity contribution in [3.63, 3.8) is 0 Å². The highest BCUT2D eigenvalue weighted by atomic mass is 32.1. The number of carbonyl (C=O) groups excluding carboxylic acids is 1. The van der Waals surface area contributed by atoms with E-state index in [4.69, 9.17) is 12.2 Å². The predicted molar refractivity (Wildman–Crippen MR) is 113 cm³/mol. The van der Waals surface area contributed by atoms with E-state index in [0.29, 0.717) is 22.8 Å². The van der Waals surface area contributed by atoms with E-state index in [1.54, 1.807) is 11.8 Å². The number of anilines is 2. The van der Waals surface area contributed by atoms with E-state index >= 15 is 0 Å². The van der Waals surface area contributed by atoms with E-state index in [2.05, 4.69) is 36.4 Å². The molecule has 1 aromatic carbocycles. The van der Waals surface area contributed by atoms with E-state index in [0.717, 1.165) is 29.8 Å². The molecule has 2 aromatic rings. The van der Waals surface area contributed by atoms with Crippen LogP contribution in [-0.4, -0.2) is 22.0 Å². The summed E-state index contributed by atoms with van der Waals surface area (Å²) in [5.41, 5.74) is 2.88. The lowest BCUT2D eigenvalue weighted by Gasteiger charge is -2.21. The average Bonchev–Trinajstić information content (AvgIpc) is 3.08. The summed E-state index contributed by atoms with van der Waals surface area (Å²) in [6.07, 6.45) is 1.86. The second-order valence-electron chi connectivity index (χ2n) is 6.09. The Morgan fingerprint density at radius 2 is 2.08 bits per heavy atom. The maximum Gasteiger partial charge on any atom is 0.230 e. The number of aryl methyl sites for hydroxylation is 1. The highest BCUT2D eigenvalue weighted by molar-refractivity contribution is 7.80. The number of carbonyl (C=O) groups is 1. The van der Waals surface area contributed by atoms with Gasteiger partial charge in [-0.25, -0.2) is 4.98 Å². The summed E-state index contributed by atoms with van der Waals surface area (Å²) in [5.74, 6) is -0.0475. The standard InChI is InChI=1S/C19H26N4OS2/c1-5-13(3)21-18(25)20-11-16-12-26-19(22-16)23(14(4)24)17-10-8-7-9-15(17)6-2/h7-10,12-13H,5-6,11H2,1-4H3,(H2,20,21,25)/t13-/m1/s1. The van der Waals surface area contributed by atoms with Crippen molar-refractivity contribution in [1.29, 1.82) is 0 Å². The minimum absolute atomic E-state index is 0.0475. The molecule has 1 heterocycles. The van der Waals surface area contributed by atoms with Gasteiger partial charge in [-0.3, -0.25) is 9.69 Å². The average molecular weight is 391 g/mol. The molecule has 2 N–H and O–H groups in total. The van der Waals surface area contributed by atoms with Crippen LogP contribution in [0.1, 0.15) is 45.4 Å². The van der Waals surface area contributed by atoms with Crippen LogP contribution in [0.25, 0.3) is 0 Å². The molecule has 140 valence electrons. The van der Waals surface area contributed by atoms with Crippen LogP contribution in [0.4, 0.5) is 10.8 Å². The van der Waals surface area contributed by atoms with Crippen LogP contribution >= 0.6 is 23.6 Å². The molecule has 0 aliphatic carbocycles. The normalized spacial score (nSPS) is 11.7. The molecule has 0 unspecified atom stereocenters. The highest BCUT2D eigenvalue weighted by Gasteiger charge is 2.20. The fourth-order valence-electron chi connectivity index (χ4n) is 2.46. The number of aromatic nitrogens is 1. The van der Waals surface area contributed by atoms with Crippen molar-refractivity contribution >= 4 is 45.4 Å². The van der Waals surface area contributed by atoms with E-state index < -0.39 is 0 Å². The van der Waals surface area contributed by atoms with Gasteiger partial charge in [0.1, 0.15) is 0 Å². The molecule has 0 spiro atoms. The van der Waals surface area contributed by atoms with Crippen molar-refractivity contribution in [3.8, 4) is 0 Å². The van der Waals surface area contributed by atoms with Crippen LogP contribution in [-0.2, 0) is 17.8 Å². The van der Waals surface area contributed by atoms with Gasteiger partial charge >= 0.3 is 0 Å². The molecular weight excluding hydrogens is 364 g/mol. The number of para-hydroxylation sites is 1. The molecule has 7 heteroatoms. The minimum Gasteiger partial charge on any atom is -0.360 e. The molecule has 0 bridgehead atoms. The summed E-state index contributed by atoms with van der Waals surface area (Å²) in [6.45, 7) is 8.37. The van der Waals surface area contributed by atoms with Crippen molar-refractivity contribution in [2.24, 2.45) is 0 Å². The second-order valence-corrected chi connectivity index (χ2v) is 7.34. The number of rotatable bonds is 7. The molecular formula is C19H26N4OS2. The summed E-state index contributed by atoms with van der Waals surface area (Å²) in [4.78, 5) is 18.6. The first kappa shape index (κ1) is 20.3. The zero-order valence-corrected chi connectivity index (χ0v) is 17.3. The molecule has 1 atom stereocenters. The van der Waals surface area contributed by atoms with E-state index in [9.17, 15) is 4.79 Å². The lowest BCUT2D eigenvalue weighted by Crippen LogP contribution is -2.39. The SMILES string of the molecule is CCc1ccccc1N(C(C)=O)c1nc(CNC(=S)N[C@H](C)CC)cs1. The lowest BCUT2D eigenvalue weighted by molar-refractivity contribution is -0.115. The number of hydrogen-bond donors (Lipinski definition) is 2. The van der Waals surface area contributed by atoms with Crippen LogP contribution in [0, 0.1) is 0 Å². The molecule has 0 aliphatic rings. The largest absolute Gasteiger partial charge is 0.360 e. The number of benzene rings is 1. The Morgan fingerprint density at radius 1 is 1.35 bits per heavy atom. The fourth-order valence-corrected chi connectivity index (χ4v) is 3.62. The van der Waals surface area contributed by atoms with Gasteiger partial charge in [0.15, 0.2) is 10.2 Å². The fraction of sp³-hybridized carbons (Fsp3) is 0.421. The van der Waals surface area contributed by atoms with Gasteiger partial charge in [-0.15, -0.1) is 11.3 Å². The Kier molecular flexibility index (Phi) is 7.53. The second kappa shape index (κ2) is 9.64. The van der Waals surface area contributed by atoms with E-state index in [1.165, 1.54) is 11.3 Å². The summed E-state index contributed by atoms with van der Waals surface area (Å²) in [7, 11) is 0. The molecule has 0 fully saturated rings. The third kappa shape index (κ3) is 5.25. The zero-order valence-electron chi connectivity index (χ0n) is 15.7. The van der Waals surface area contributed by atoms with Crippen LogP contribution in [0.5, 0.6) is 0 Å². The first-order valence-corrected chi connectivity index (χ1v) is 10.1.